The third-order valence-corrected chi connectivity index (χ3v) is 3.57. The van der Waals surface area contributed by atoms with E-state index in [2.05, 4.69) is 31.3 Å². The van der Waals surface area contributed by atoms with Crippen molar-refractivity contribution in [3.05, 3.63) is 23.3 Å². The highest BCUT2D eigenvalue weighted by molar-refractivity contribution is 5.62. The van der Waals surface area contributed by atoms with Crippen LogP contribution in [0.3, 0.4) is 0 Å². The maximum Gasteiger partial charge on any atom is 0.0374 e. The zero-order valence-corrected chi connectivity index (χ0v) is 10.3. The molecule has 0 saturated heterocycles. The second-order valence-electron chi connectivity index (χ2n) is 5.00. The minimum absolute atomic E-state index is 0.663. The van der Waals surface area contributed by atoms with Crippen molar-refractivity contribution in [2.75, 3.05) is 11.1 Å². The van der Waals surface area contributed by atoms with Crippen LogP contribution in [0.1, 0.15) is 43.2 Å². The molecule has 0 aromatic heterocycles. The van der Waals surface area contributed by atoms with E-state index in [-0.39, 0.29) is 0 Å². The largest absolute Gasteiger partial charge is 0.398 e. The third-order valence-electron chi connectivity index (χ3n) is 3.57. The van der Waals surface area contributed by atoms with Crippen molar-refractivity contribution < 1.29 is 0 Å². The number of nitrogen functional groups attached to an aromatic ring is 1. The van der Waals surface area contributed by atoms with Crippen molar-refractivity contribution in [2.24, 2.45) is 0 Å². The second-order valence-corrected chi connectivity index (χ2v) is 5.00. The molecule has 2 rings (SSSR count). The Morgan fingerprint density at radius 1 is 1.06 bits per heavy atom. The first kappa shape index (κ1) is 11.3. The van der Waals surface area contributed by atoms with Gasteiger partial charge in [-0.3, -0.25) is 0 Å². The molecule has 0 unspecified atom stereocenters. The first-order chi connectivity index (χ1) is 7.66. The molecule has 16 heavy (non-hydrogen) atoms. The van der Waals surface area contributed by atoms with Crippen LogP contribution in [-0.4, -0.2) is 6.04 Å². The highest BCUT2D eigenvalue weighted by atomic mass is 14.9. The molecule has 2 heteroatoms. The Hall–Kier alpha value is -1.18. The van der Waals surface area contributed by atoms with E-state index in [9.17, 15) is 0 Å². The summed E-state index contributed by atoms with van der Waals surface area (Å²) in [7, 11) is 0. The van der Waals surface area contributed by atoms with Crippen LogP contribution in [-0.2, 0) is 0 Å². The van der Waals surface area contributed by atoms with Crippen LogP contribution in [0.2, 0.25) is 0 Å². The standard InChI is InChI=1S/C14H22N2/c1-10-8-13(9-11(2)14(10)15)16-12-6-4-3-5-7-12/h8-9,12,16H,3-7,15H2,1-2H3. The first-order valence-corrected chi connectivity index (χ1v) is 6.30. The molecular formula is C14H22N2. The molecule has 1 aromatic carbocycles. The highest BCUT2D eigenvalue weighted by Crippen LogP contribution is 2.25. The predicted molar refractivity (Wildman–Crippen MR) is 70.8 cm³/mol. The normalized spacial score (nSPS) is 17.4. The van der Waals surface area contributed by atoms with E-state index in [1.54, 1.807) is 0 Å². The van der Waals surface area contributed by atoms with Crippen molar-refractivity contribution in [2.45, 2.75) is 52.0 Å². The summed E-state index contributed by atoms with van der Waals surface area (Å²) in [4.78, 5) is 0. The number of benzene rings is 1. The number of rotatable bonds is 2. The zero-order valence-electron chi connectivity index (χ0n) is 10.3. The maximum atomic E-state index is 5.96. The lowest BCUT2D eigenvalue weighted by molar-refractivity contribution is 0.463. The predicted octanol–water partition coefficient (Wildman–Crippen LogP) is 3.63. The number of anilines is 2. The molecule has 0 atom stereocenters. The van der Waals surface area contributed by atoms with Gasteiger partial charge in [-0.05, 0) is 49.9 Å². The summed E-state index contributed by atoms with van der Waals surface area (Å²) in [5.41, 5.74) is 10.5. The molecule has 1 aromatic rings. The van der Waals surface area contributed by atoms with Gasteiger partial charge in [0.25, 0.3) is 0 Å². The topological polar surface area (TPSA) is 38.0 Å². The number of hydrogen-bond donors (Lipinski definition) is 2. The number of aryl methyl sites for hydroxylation is 2. The van der Waals surface area contributed by atoms with Crippen molar-refractivity contribution in [3.63, 3.8) is 0 Å². The van der Waals surface area contributed by atoms with Crippen LogP contribution in [0.15, 0.2) is 12.1 Å². The van der Waals surface area contributed by atoms with E-state index in [0.717, 1.165) is 5.69 Å². The Balaban J connectivity index is 2.09. The summed E-state index contributed by atoms with van der Waals surface area (Å²) in [5, 5.41) is 3.63. The first-order valence-electron chi connectivity index (χ1n) is 6.30. The molecule has 3 N–H and O–H groups in total. The molecule has 1 fully saturated rings. The van der Waals surface area contributed by atoms with Gasteiger partial charge in [0, 0.05) is 17.4 Å². The van der Waals surface area contributed by atoms with E-state index in [4.69, 9.17) is 5.73 Å². The Bertz CT molecular complexity index is 342. The smallest absolute Gasteiger partial charge is 0.0374 e. The van der Waals surface area contributed by atoms with Gasteiger partial charge in [0.15, 0.2) is 0 Å². The molecule has 0 amide bonds. The van der Waals surface area contributed by atoms with Gasteiger partial charge in [0.2, 0.25) is 0 Å². The van der Waals surface area contributed by atoms with Crippen LogP contribution >= 0.6 is 0 Å². The quantitative estimate of drug-likeness (QED) is 0.744. The molecule has 0 heterocycles. The molecule has 0 aliphatic heterocycles. The molecule has 0 spiro atoms. The van der Waals surface area contributed by atoms with Crippen LogP contribution in [0.25, 0.3) is 0 Å². The van der Waals surface area contributed by atoms with Crippen LogP contribution in [0, 0.1) is 13.8 Å². The fraction of sp³-hybridized carbons (Fsp3) is 0.571. The molecule has 0 bridgehead atoms. The molecule has 1 saturated carbocycles. The summed E-state index contributed by atoms with van der Waals surface area (Å²) in [6.45, 7) is 4.16. The average Bonchev–Trinajstić information content (AvgIpc) is 2.27. The average molecular weight is 218 g/mol. The van der Waals surface area contributed by atoms with Crippen molar-refractivity contribution in [1.29, 1.82) is 0 Å². The monoisotopic (exact) mass is 218 g/mol. The number of hydrogen-bond acceptors (Lipinski definition) is 2. The fourth-order valence-corrected chi connectivity index (χ4v) is 2.54. The Kier molecular flexibility index (Phi) is 3.37. The van der Waals surface area contributed by atoms with Crippen LogP contribution in [0.5, 0.6) is 0 Å². The van der Waals surface area contributed by atoms with Gasteiger partial charge in [-0.25, -0.2) is 0 Å². The summed E-state index contributed by atoms with van der Waals surface area (Å²) < 4.78 is 0. The van der Waals surface area contributed by atoms with Gasteiger partial charge >= 0.3 is 0 Å². The lowest BCUT2D eigenvalue weighted by atomic mass is 9.95. The Labute approximate surface area is 98.2 Å². The van der Waals surface area contributed by atoms with Gasteiger partial charge < -0.3 is 11.1 Å². The third kappa shape index (κ3) is 2.49. The summed E-state index contributed by atoms with van der Waals surface area (Å²) >= 11 is 0. The highest BCUT2D eigenvalue weighted by Gasteiger charge is 2.13. The van der Waals surface area contributed by atoms with E-state index in [1.165, 1.54) is 48.9 Å². The van der Waals surface area contributed by atoms with Gasteiger partial charge in [0.05, 0.1) is 0 Å². The molecule has 1 aliphatic carbocycles. The zero-order chi connectivity index (χ0) is 11.5. The lowest BCUT2D eigenvalue weighted by Gasteiger charge is -2.24. The minimum atomic E-state index is 0.663. The number of nitrogens with one attached hydrogen (secondary N) is 1. The van der Waals surface area contributed by atoms with E-state index >= 15 is 0 Å². The summed E-state index contributed by atoms with van der Waals surface area (Å²) in [6, 6.07) is 4.99. The molecular weight excluding hydrogens is 196 g/mol. The van der Waals surface area contributed by atoms with E-state index in [1.807, 2.05) is 0 Å². The van der Waals surface area contributed by atoms with E-state index < -0.39 is 0 Å². The second kappa shape index (κ2) is 4.77. The SMILES string of the molecule is Cc1cc(NC2CCCCC2)cc(C)c1N. The van der Waals surface area contributed by atoms with Crippen molar-refractivity contribution in [1.82, 2.24) is 0 Å². The maximum absolute atomic E-state index is 5.96. The van der Waals surface area contributed by atoms with Crippen molar-refractivity contribution in [3.8, 4) is 0 Å². The summed E-state index contributed by atoms with van der Waals surface area (Å²) in [5.74, 6) is 0. The molecule has 2 nitrogen and oxygen atoms in total. The molecule has 88 valence electrons. The Morgan fingerprint density at radius 2 is 1.62 bits per heavy atom. The van der Waals surface area contributed by atoms with Gasteiger partial charge in [-0.1, -0.05) is 19.3 Å². The van der Waals surface area contributed by atoms with Gasteiger partial charge in [0.1, 0.15) is 0 Å². The van der Waals surface area contributed by atoms with Crippen LogP contribution in [0.4, 0.5) is 11.4 Å². The van der Waals surface area contributed by atoms with E-state index in [0.29, 0.717) is 6.04 Å². The number of nitrogens with two attached hydrogens (primary N) is 1. The molecule has 0 radical (unpaired) electrons. The summed E-state index contributed by atoms with van der Waals surface area (Å²) in [6.07, 6.45) is 6.75. The van der Waals surface area contributed by atoms with Crippen molar-refractivity contribution >= 4 is 11.4 Å². The van der Waals surface area contributed by atoms with Gasteiger partial charge in [-0.15, -0.1) is 0 Å². The van der Waals surface area contributed by atoms with Gasteiger partial charge in [-0.2, -0.15) is 0 Å². The van der Waals surface area contributed by atoms with Crippen LogP contribution < -0.4 is 11.1 Å². The minimum Gasteiger partial charge on any atom is -0.398 e. The lowest BCUT2D eigenvalue weighted by Crippen LogP contribution is -2.22. The Morgan fingerprint density at radius 3 is 2.19 bits per heavy atom. The fourth-order valence-electron chi connectivity index (χ4n) is 2.54. The molecule has 1 aliphatic rings.